The molecule has 0 unspecified atom stereocenters. The molecule has 0 radical (unpaired) electrons. The number of rotatable bonds is 10. The Morgan fingerprint density at radius 3 is 2.28 bits per heavy atom. The van der Waals surface area contributed by atoms with Crippen molar-refractivity contribution in [1.29, 1.82) is 0 Å². The number of carbonyl (C=O) groups is 1. The largest absolute Gasteiger partial charge is 0.493 e. The van der Waals surface area contributed by atoms with Crippen molar-refractivity contribution in [2.45, 2.75) is 25.9 Å². The standard InChI is InChI=1S/C38H42N6O3/c1-46-34-24-29-15-18-42(26-30(29)25-35(34)47-2)27-33-38(40-36-10-6-7-17-44(33)36)28-11-13-31(14-12-28)39-37(45)16-19-41-20-22-43(23-21-41)32-8-4-3-5-9-32/h3-14,17,24-25H,15-16,18-23,26-27H2,1-2H3,(H,39,45). The number of carbonyl (C=O) groups excluding carboxylic acids is 1. The number of fused-ring (bicyclic) bond motifs is 2. The summed E-state index contributed by atoms with van der Waals surface area (Å²) in [7, 11) is 3.36. The van der Waals surface area contributed by atoms with Crippen LogP contribution in [0.3, 0.4) is 0 Å². The van der Waals surface area contributed by atoms with Gasteiger partial charge in [-0.1, -0.05) is 36.4 Å². The normalized spacial score (nSPS) is 15.4. The maximum atomic E-state index is 12.9. The van der Waals surface area contributed by atoms with E-state index in [4.69, 9.17) is 14.5 Å². The highest BCUT2D eigenvalue weighted by Crippen LogP contribution is 2.34. The zero-order valence-electron chi connectivity index (χ0n) is 27.2. The van der Waals surface area contributed by atoms with E-state index in [1.807, 2.05) is 30.3 Å². The SMILES string of the molecule is COc1cc2c(cc1OC)CN(Cc1c(-c3ccc(NC(=O)CCN4CCN(c5ccccc5)CC4)cc3)nc3ccccn13)CC2. The predicted molar refractivity (Wildman–Crippen MR) is 186 cm³/mol. The summed E-state index contributed by atoms with van der Waals surface area (Å²) in [5.41, 5.74) is 8.69. The third-order valence-corrected chi connectivity index (χ3v) is 9.39. The number of hydrogen-bond acceptors (Lipinski definition) is 7. The van der Waals surface area contributed by atoms with E-state index in [2.05, 4.69) is 85.2 Å². The Labute approximate surface area is 276 Å². The van der Waals surface area contributed by atoms with Crippen LogP contribution in [0, 0.1) is 0 Å². The Morgan fingerprint density at radius 2 is 1.53 bits per heavy atom. The number of ether oxygens (including phenoxy) is 2. The van der Waals surface area contributed by atoms with E-state index in [1.54, 1.807) is 14.2 Å². The molecular formula is C38H42N6O3. The first-order chi connectivity index (χ1) is 23.1. The van der Waals surface area contributed by atoms with E-state index >= 15 is 0 Å². The number of nitrogens with one attached hydrogen (secondary N) is 1. The summed E-state index contributed by atoms with van der Waals surface area (Å²) in [6, 6.07) is 29.0. The average Bonchev–Trinajstić information content (AvgIpc) is 3.49. The number of pyridine rings is 1. The van der Waals surface area contributed by atoms with E-state index in [9.17, 15) is 4.79 Å². The van der Waals surface area contributed by atoms with Gasteiger partial charge in [0.2, 0.25) is 5.91 Å². The lowest BCUT2D eigenvalue weighted by molar-refractivity contribution is -0.116. The number of amides is 1. The molecule has 242 valence electrons. The van der Waals surface area contributed by atoms with Gasteiger partial charge in [-0.2, -0.15) is 0 Å². The van der Waals surface area contributed by atoms with Crippen molar-refractivity contribution in [3.05, 3.63) is 108 Å². The third-order valence-electron chi connectivity index (χ3n) is 9.39. The number of anilines is 2. The second-order valence-corrected chi connectivity index (χ2v) is 12.3. The fourth-order valence-electron chi connectivity index (χ4n) is 6.78. The van der Waals surface area contributed by atoms with Gasteiger partial charge in [0.25, 0.3) is 0 Å². The van der Waals surface area contributed by atoms with Crippen LogP contribution in [0.5, 0.6) is 11.5 Å². The number of aromatic nitrogens is 2. The molecule has 3 aromatic carbocycles. The lowest BCUT2D eigenvalue weighted by Crippen LogP contribution is -2.47. The lowest BCUT2D eigenvalue weighted by atomic mass is 9.98. The Balaban J connectivity index is 0.991. The van der Waals surface area contributed by atoms with Crippen molar-refractivity contribution >= 4 is 22.9 Å². The molecule has 2 aliphatic heterocycles. The summed E-state index contributed by atoms with van der Waals surface area (Å²) in [5.74, 6) is 1.58. The van der Waals surface area contributed by atoms with Crippen molar-refractivity contribution in [1.82, 2.24) is 19.2 Å². The molecule has 1 N–H and O–H groups in total. The molecule has 1 fully saturated rings. The number of methoxy groups -OCH3 is 2. The molecule has 4 heterocycles. The lowest BCUT2D eigenvalue weighted by Gasteiger charge is -2.36. The minimum Gasteiger partial charge on any atom is -0.493 e. The maximum Gasteiger partial charge on any atom is 0.225 e. The molecule has 0 spiro atoms. The summed E-state index contributed by atoms with van der Waals surface area (Å²) in [6.07, 6.45) is 3.50. The van der Waals surface area contributed by atoms with Crippen LogP contribution in [0.2, 0.25) is 0 Å². The molecule has 9 heteroatoms. The number of benzene rings is 3. The van der Waals surface area contributed by atoms with Gasteiger partial charge < -0.3 is 24.1 Å². The Morgan fingerprint density at radius 1 is 0.809 bits per heavy atom. The molecule has 9 nitrogen and oxygen atoms in total. The van der Waals surface area contributed by atoms with Crippen LogP contribution >= 0.6 is 0 Å². The Kier molecular flexibility index (Phi) is 9.08. The molecule has 2 aliphatic rings. The summed E-state index contributed by atoms with van der Waals surface area (Å²) < 4.78 is 13.3. The van der Waals surface area contributed by atoms with Crippen LogP contribution in [0.1, 0.15) is 23.2 Å². The highest BCUT2D eigenvalue weighted by Gasteiger charge is 2.23. The van der Waals surface area contributed by atoms with E-state index in [-0.39, 0.29) is 5.91 Å². The van der Waals surface area contributed by atoms with Crippen LogP contribution in [-0.4, -0.2) is 78.6 Å². The molecule has 5 aromatic rings. The first-order valence-corrected chi connectivity index (χ1v) is 16.4. The summed E-state index contributed by atoms with van der Waals surface area (Å²) in [4.78, 5) is 25.2. The first kappa shape index (κ1) is 30.8. The van der Waals surface area contributed by atoms with Crippen LogP contribution in [0.25, 0.3) is 16.9 Å². The van der Waals surface area contributed by atoms with E-state index < -0.39 is 0 Å². The molecule has 2 aromatic heterocycles. The smallest absolute Gasteiger partial charge is 0.225 e. The monoisotopic (exact) mass is 630 g/mol. The molecular weight excluding hydrogens is 588 g/mol. The quantitative estimate of drug-likeness (QED) is 0.211. The number of piperazine rings is 1. The molecule has 1 amide bonds. The number of para-hydroxylation sites is 1. The van der Waals surface area contributed by atoms with Gasteiger partial charge in [-0.15, -0.1) is 0 Å². The highest BCUT2D eigenvalue weighted by atomic mass is 16.5. The summed E-state index contributed by atoms with van der Waals surface area (Å²) in [6.45, 7) is 7.17. The minimum absolute atomic E-state index is 0.0382. The first-order valence-electron chi connectivity index (χ1n) is 16.4. The summed E-state index contributed by atoms with van der Waals surface area (Å²) in [5, 5.41) is 3.10. The topological polar surface area (TPSA) is 74.6 Å². The zero-order valence-corrected chi connectivity index (χ0v) is 27.2. The van der Waals surface area contributed by atoms with Crippen LogP contribution in [0.4, 0.5) is 11.4 Å². The molecule has 0 bridgehead atoms. The molecule has 0 saturated carbocycles. The van der Waals surface area contributed by atoms with Crippen LogP contribution in [-0.2, 0) is 24.3 Å². The number of imidazole rings is 1. The highest BCUT2D eigenvalue weighted by molar-refractivity contribution is 5.91. The maximum absolute atomic E-state index is 12.9. The molecule has 1 saturated heterocycles. The van der Waals surface area contributed by atoms with Crippen LogP contribution < -0.4 is 19.7 Å². The fourth-order valence-corrected chi connectivity index (χ4v) is 6.78. The predicted octanol–water partition coefficient (Wildman–Crippen LogP) is 5.73. The molecule has 47 heavy (non-hydrogen) atoms. The Hall–Kier alpha value is -4.86. The number of nitrogens with zero attached hydrogens (tertiary/aromatic N) is 5. The second-order valence-electron chi connectivity index (χ2n) is 12.3. The van der Waals surface area contributed by atoms with Gasteiger partial charge in [0.15, 0.2) is 11.5 Å². The third kappa shape index (κ3) is 6.82. The van der Waals surface area contributed by atoms with Gasteiger partial charge in [-0.25, -0.2) is 4.98 Å². The van der Waals surface area contributed by atoms with Gasteiger partial charge >= 0.3 is 0 Å². The van der Waals surface area contributed by atoms with Crippen molar-refractivity contribution in [2.75, 3.05) is 63.7 Å². The van der Waals surface area contributed by atoms with Gasteiger partial charge in [0.05, 0.1) is 25.6 Å². The second kappa shape index (κ2) is 13.9. The molecule has 0 atom stereocenters. The molecule has 7 rings (SSSR count). The van der Waals surface area contributed by atoms with E-state index in [1.165, 1.54) is 16.8 Å². The van der Waals surface area contributed by atoms with Gasteiger partial charge in [0, 0.05) is 81.9 Å². The van der Waals surface area contributed by atoms with E-state index in [0.29, 0.717) is 6.42 Å². The summed E-state index contributed by atoms with van der Waals surface area (Å²) >= 11 is 0. The van der Waals surface area contributed by atoms with Crippen molar-refractivity contribution in [3.8, 4) is 22.8 Å². The zero-order chi connectivity index (χ0) is 32.2. The average molecular weight is 631 g/mol. The molecule has 0 aliphatic carbocycles. The van der Waals surface area contributed by atoms with Crippen molar-refractivity contribution < 1.29 is 14.3 Å². The minimum atomic E-state index is 0.0382. The fraction of sp³-hybridized carbons (Fsp3) is 0.316. The van der Waals surface area contributed by atoms with E-state index in [0.717, 1.165) is 98.6 Å². The van der Waals surface area contributed by atoms with Gasteiger partial charge in [-0.05, 0) is 66.1 Å². The Bertz CT molecular complexity index is 1830. The van der Waals surface area contributed by atoms with Gasteiger partial charge in [-0.3, -0.25) is 14.6 Å². The number of hydrogen-bond donors (Lipinski definition) is 1. The van der Waals surface area contributed by atoms with Gasteiger partial charge in [0.1, 0.15) is 5.65 Å². The van der Waals surface area contributed by atoms with Crippen LogP contribution in [0.15, 0.2) is 91.1 Å². The van der Waals surface area contributed by atoms with Crippen molar-refractivity contribution in [3.63, 3.8) is 0 Å². The van der Waals surface area contributed by atoms with Crippen molar-refractivity contribution in [2.24, 2.45) is 0 Å².